The van der Waals surface area contributed by atoms with E-state index in [1.807, 2.05) is 11.3 Å². The molecule has 56 heavy (non-hydrogen) atoms. The topological polar surface area (TPSA) is 16.4 Å². The molecule has 0 unspecified atom stereocenters. The van der Waals surface area contributed by atoms with Crippen LogP contribution in [-0.2, 0) is 5.41 Å². The first-order chi connectivity index (χ1) is 27.5. The normalized spacial score (nSPS) is 13.0. The Kier molecular flexibility index (Phi) is 7.42. The van der Waals surface area contributed by atoms with Crippen LogP contribution in [0.3, 0.4) is 0 Å². The first-order valence-electron chi connectivity index (χ1n) is 19.2. The number of para-hydroxylation sites is 1. The molecule has 2 nitrogen and oxygen atoms in total. The lowest BCUT2D eigenvalue weighted by atomic mass is 9.78. The van der Waals surface area contributed by atoms with Crippen LogP contribution in [0.5, 0.6) is 0 Å². The molecule has 0 saturated heterocycles. The standard InChI is InChI=1S/C53H37NOS/c1-53(2)50-42(17-11-18-46(50)52-51(53)45-16-9-10-19-47(45)55-52)38-24-30-43-44-31-29-41(33-49(44)56-48(43)32-38)54(39-25-20-36(21-26-39)34-12-5-3-6-13-34)40-27-22-37(23-28-40)35-14-7-4-8-15-35/h3-33H,1-2H3. The molecule has 0 amide bonds. The first-order valence-corrected chi connectivity index (χ1v) is 20.1. The lowest BCUT2D eigenvalue weighted by Gasteiger charge is -2.26. The van der Waals surface area contributed by atoms with Crippen molar-refractivity contribution in [2.75, 3.05) is 4.90 Å². The fourth-order valence-corrected chi connectivity index (χ4v) is 10.2. The number of rotatable bonds is 6. The van der Waals surface area contributed by atoms with Gasteiger partial charge < -0.3 is 9.32 Å². The Morgan fingerprint density at radius 3 is 1.59 bits per heavy atom. The van der Waals surface area contributed by atoms with Crippen LogP contribution in [0.15, 0.2) is 192 Å². The summed E-state index contributed by atoms with van der Waals surface area (Å²) in [4.78, 5) is 2.38. The van der Waals surface area contributed by atoms with Crippen LogP contribution in [-0.4, -0.2) is 0 Å². The minimum atomic E-state index is -0.195. The predicted molar refractivity (Wildman–Crippen MR) is 238 cm³/mol. The molecule has 2 aromatic heterocycles. The van der Waals surface area contributed by atoms with Crippen molar-refractivity contribution in [2.24, 2.45) is 0 Å². The number of furan rings is 1. The molecule has 0 aliphatic heterocycles. The van der Waals surface area contributed by atoms with Gasteiger partial charge in [-0.15, -0.1) is 11.3 Å². The highest BCUT2D eigenvalue weighted by Crippen LogP contribution is 2.56. The smallest absolute Gasteiger partial charge is 0.139 e. The van der Waals surface area contributed by atoms with Crippen LogP contribution in [0.4, 0.5) is 17.1 Å². The molecule has 2 heterocycles. The zero-order valence-corrected chi connectivity index (χ0v) is 32.0. The van der Waals surface area contributed by atoms with Gasteiger partial charge in [0.15, 0.2) is 0 Å². The number of fused-ring (bicyclic) bond motifs is 8. The highest BCUT2D eigenvalue weighted by molar-refractivity contribution is 7.25. The quantitative estimate of drug-likeness (QED) is 0.169. The third-order valence-corrected chi connectivity index (χ3v) is 12.8. The Morgan fingerprint density at radius 1 is 0.411 bits per heavy atom. The fourth-order valence-electron chi connectivity index (χ4n) is 9.02. The summed E-state index contributed by atoms with van der Waals surface area (Å²) in [6.07, 6.45) is 0. The second-order valence-electron chi connectivity index (χ2n) is 15.3. The van der Waals surface area contributed by atoms with Gasteiger partial charge in [-0.05, 0) is 87.5 Å². The molecule has 0 radical (unpaired) electrons. The number of hydrogen-bond donors (Lipinski definition) is 0. The largest absolute Gasteiger partial charge is 0.456 e. The average Bonchev–Trinajstić information content (AvgIpc) is 3.90. The van der Waals surface area contributed by atoms with Gasteiger partial charge in [0.1, 0.15) is 11.3 Å². The predicted octanol–water partition coefficient (Wildman–Crippen LogP) is 15.6. The van der Waals surface area contributed by atoms with Crippen molar-refractivity contribution in [1.82, 2.24) is 0 Å². The van der Waals surface area contributed by atoms with E-state index in [0.717, 1.165) is 28.4 Å². The lowest BCUT2D eigenvalue weighted by Crippen LogP contribution is -2.16. The molecule has 0 spiro atoms. The minimum absolute atomic E-state index is 0.195. The van der Waals surface area contributed by atoms with Crippen LogP contribution in [0.2, 0.25) is 0 Å². The van der Waals surface area contributed by atoms with Gasteiger partial charge in [0.05, 0.1) is 0 Å². The summed E-state index contributed by atoms with van der Waals surface area (Å²) in [6.45, 7) is 4.69. The molecule has 0 fully saturated rings. The highest BCUT2D eigenvalue weighted by Gasteiger charge is 2.42. The van der Waals surface area contributed by atoms with Crippen LogP contribution in [0, 0.1) is 0 Å². The van der Waals surface area contributed by atoms with Gasteiger partial charge in [-0.25, -0.2) is 0 Å². The van der Waals surface area contributed by atoms with Gasteiger partial charge >= 0.3 is 0 Å². The van der Waals surface area contributed by atoms with Crippen LogP contribution < -0.4 is 4.90 Å². The van der Waals surface area contributed by atoms with Crippen molar-refractivity contribution in [2.45, 2.75) is 19.3 Å². The lowest BCUT2D eigenvalue weighted by molar-refractivity contribution is 0.619. The summed E-state index contributed by atoms with van der Waals surface area (Å²) in [5.74, 6) is 1.01. The van der Waals surface area contributed by atoms with E-state index in [1.54, 1.807) is 0 Å². The second kappa shape index (κ2) is 12.7. The highest BCUT2D eigenvalue weighted by atomic mass is 32.1. The van der Waals surface area contributed by atoms with E-state index in [-0.39, 0.29) is 5.41 Å². The molecule has 11 rings (SSSR count). The van der Waals surface area contributed by atoms with E-state index >= 15 is 0 Å². The Labute approximate surface area is 330 Å². The molecule has 8 aromatic carbocycles. The summed E-state index contributed by atoms with van der Waals surface area (Å²) in [7, 11) is 0. The zero-order chi connectivity index (χ0) is 37.4. The SMILES string of the molecule is CC1(C)c2c(-c3ccc4c(c3)sc3cc(N(c5ccc(-c6ccccc6)cc5)c5ccc(-c6ccccc6)cc5)ccc34)cccc2-c2oc3ccccc3c21. The summed E-state index contributed by atoms with van der Waals surface area (Å²) in [6, 6.07) is 68.1. The summed E-state index contributed by atoms with van der Waals surface area (Å²) in [5.41, 5.74) is 15.3. The summed E-state index contributed by atoms with van der Waals surface area (Å²) < 4.78 is 9.08. The molecule has 0 bridgehead atoms. The third-order valence-electron chi connectivity index (χ3n) is 11.6. The second-order valence-corrected chi connectivity index (χ2v) is 16.4. The van der Waals surface area contributed by atoms with Gasteiger partial charge in [-0.1, -0.05) is 153 Å². The van der Waals surface area contributed by atoms with Crippen molar-refractivity contribution in [3.8, 4) is 44.7 Å². The van der Waals surface area contributed by atoms with Gasteiger partial charge in [0.2, 0.25) is 0 Å². The molecule has 266 valence electrons. The Bertz CT molecular complexity index is 3000. The van der Waals surface area contributed by atoms with Crippen molar-refractivity contribution < 1.29 is 4.42 Å². The molecule has 1 aliphatic rings. The fraction of sp³-hybridized carbons (Fsp3) is 0.0566. The molecule has 0 saturated carbocycles. The maximum Gasteiger partial charge on any atom is 0.139 e. The number of benzene rings is 8. The molecule has 10 aromatic rings. The Hall–Kier alpha value is -6.68. The van der Waals surface area contributed by atoms with Crippen molar-refractivity contribution >= 4 is 59.5 Å². The minimum Gasteiger partial charge on any atom is -0.456 e. The van der Waals surface area contributed by atoms with E-state index < -0.39 is 0 Å². The number of hydrogen-bond acceptors (Lipinski definition) is 3. The molecule has 0 N–H and O–H groups in total. The van der Waals surface area contributed by atoms with Gasteiger partial charge in [-0.3, -0.25) is 0 Å². The number of anilines is 3. The Morgan fingerprint density at radius 2 is 0.929 bits per heavy atom. The maximum absolute atomic E-state index is 6.52. The van der Waals surface area contributed by atoms with Crippen molar-refractivity contribution in [3.63, 3.8) is 0 Å². The van der Waals surface area contributed by atoms with Gasteiger partial charge in [0.25, 0.3) is 0 Å². The zero-order valence-electron chi connectivity index (χ0n) is 31.2. The number of nitrogens with zero attached hydrogens (tertiary/aromatic N) is 1. The monoisotopic (exact) mass is 735 g/mol. The van der Waals surface area contributed by atoms with Crippen LogP contribution in [0.25, 0.3) is 75.8 Å². The average molecular weight is 736 g/mol. The maximum atomic E-state index is 6.52. The van der Waals surface area contributed by atoms with E-state index in [1.165, 1.54) is 75.6 Å². The molecular formula is C53H37NOS. The van der Waals surface area contributed by atoms with E-state index in [2.05, 4.69) is 207 Å². The molecule has 0 atom stereocenters. The molecular weight excluding hydrogens is 699 g/mol. The number of thiophene rings is 1. The van der Waals surface area contributed by atoms with Gasteiger partial charge in [-0.2, -0.15) is 0 Å². The molecule has 3 heteroatoms. The van der Waals surface area contributed by atoms with Gasteiger partial charge in [0, 0.05) is 59.2 Å². The third kappa shape index (κ3) is 5.16. The van der Waals surface area contributed by atoms with E-state index in [0.29, 0.717) is 0 Å². The van der Waals surface area contributed by atoms with Crippen molar-refractivity contribution in [1.29, 1.82) is 0 Å². The van der Waals surface area contributed by atoms with E-state index in [9.17, 15) is 0 Å². The summed E-state index contributed by atoms with van der Waals surface area (Å²) in [5, 5.41) is 3.78. The Balaban J connectivity index is 1.00. The first kappa shape index (κ1) is 32.7. The van der Waals surface area contributed by atoms with Crippen molar-refractivity contribution in [3.05, 3.63) is 199 Å². The summed E-state index contributed by atoms with van der Waals surface area (Å²) >= 11 is 1.87. The van der Waals surface area contributed by atoms with Crippen LogP contribution in [0.1, 0.15) is 25.0 Å². The molecule has 1 aliphatic carbocycles. The van der Waals surface area contributed by atoms with E-state index in [4.69, 9.17) is 4.42 Å². The van der Waals surface area contributed by atoms with Crippen LogP contribution >= 0.6 is 11.3 Å².